The quantitative estimate of drug-likeness (QED) is 0.633. The van der Waals surface area contributed by atoms with Gasteiger partial charge in [0.2, 0.25) is 0 Å². The van der Waals surface area contributed by atoms with E-state index in [0.29, 0.717) is 11.6 Å². The van der Waals surface area contributed by atoms with Gasteiger partial charge in [0.25, 0.3) is 0 Å². The number of alkyl halides is 3. The van der Waals surface area contributed by atoms with Crippen LogP contribution in [0.4, 0.5) is 13.2 Å². The molecule has 7 heteroatoms. The number of hydrogen-bond donors (Lipinski definition) is 0. The number of Topliss-reactive ketones (excluding diaryl/α,β-unsaturated/α-hetero) is 1. The standard InChI is InChI=1S/C17H10F3NO3/c18-17(19,20)14-3-1-2-13(8-14)15(22)10-24-16(23)12-6-4-11(9-21)5-7-12/h1-8H,10H2. The summed E-state index contributed by atoms with van der Waals surface area (Å²) in [6.45, 7) is -0.680. The number of ether oxygens (including phenoxy) is 1. The lowest BCUT2D eigenvalue weighted by Crippen LogP contribution is -2.15. The van der Waals surface area contributed by atoms with Crippen molar-refractivity contribution in [1.29, 1.82) is 5.26 Å². The zero-order valence-electron chi connectivity index (χ0n) is 12.1. The number of carbonyl (C=O) groups is 2. The molecule has 0 aliphatic carbocycles. The predicted molar refractivity (Wildman–Crippen MR) is 77.2 cm³/mol. The molecule has 0 fully saturated rings. The highest BCUT2D eigenvalue weighted by Gasteiger charge is 2.30. The highest BCUT2D eigenvalue weighted by Crippen LogP contribution is 2.29. The summed E-state index contributed by atoms with van der Waals surface area (Å²) in [5.74, 6) is -1.55. The Kier molecular flexibility index (Phi) is 4.99. The maximum absolute atomic E-state index is 12.6. The zero-order valence-corrected chi connectivity index (χ0v) is 12.1. The Labute approximate surface area is 135 Å². The van der Waals surface area contributed by atoms with Crippen LogP contribution >= 0.6 is 0 Å². The molecule has 0 amide bonds. The SMILES string of the molecule is N#Cc1ccc(C(=O)OCC(=O)c2cccc(C(F)(F)F)c2)cc1. The number of nitriles is 1. The summed E-state index contributed by atoms with van der Waals surface area (Å²) in [6.07, 6.45) is -4.56. The molecular weight excluding hydrogens is 323 g/mol. The summed E-state index contributed by atoms with van der Waals surface area (Å²) in [5, 5.41) is 8.66. The van der Waals surface area contributed by atoms with Crippen LogP contribution in [0.3, 0.4) is 0 Å². The van der Waals surface area contributed by atoms with E-state index in [2.05, 4.69) is 0 Å². The van der Waals surface area contributed by atoms with Gasteiger partial charge in [0.1, 0.15) is 0 Å². The van der Waals surface area contributed by atoms with Crippen LogP contribution in [0.5, 0.6) is 0 Å². The number of nitrogens with zero attached hydrogens (tertiary/aromatic N) is 1. The number of halogens is 3. The lowest BCUT2D eigenvalue weighted by atomic mass is 10.1. The van der Waals surface area contributed by atoms with Gasteiger partial charge in [0, 0.05) is 5.56 Å². The topological polar surface area (TPSA) is 67.2 Å². The van der Waals surface area contributed by atoms with Gasteiger partial charge in [-0.05, 0) is 36.4 Å². The Balaban J connectivity index is 2.02. The first kappa shape index (κ1) is 17.2. The van der Waals surface area contributed by atoms with Crippen LogP contribution in [0.1, 0.15) is 31.8 Å². The van der Waals surface area contributed by atoms with Crippen LogP contribution in [0.15, 0.2) is 48.5 Å². The van der Waals surface area contributed by atoms with Gasteiger partial charge in [-0.25, -0.2) is 4.79 Å². The smallest absolute Gasteiger partial charge is 0.416 e. The monoisotopic (exact) mass is 333 g/mol. The van der Waals surface area contributed by atoms with Crippen LogP contribution in [-0.4, -0.2) is 18.4 Å². The third-order valence-corrected chi connectivity index (χ3v) is 3.10. The summed E-state index contributed by atoms with van der Waals surface area (Å²) < 4.78 is 42.6. The van der Waals surface area contributed by atoms with E-state index in [4.69, 9.17) is 10.00 Å². The van der Waals surface area contributed by atoms with Crippen molar-refractivity contribution < 1.29 is 27.5 Å². The molecule has 2 rings (SSSR count). The van der Waals surface area contributed by atoms with Crippen LogP contribution in [0.2, 0.25) is 0 Å². The van der Waals surface area contributed by atoms with Crippen LogP contribution in [-0.2, 0) is 10.9 Å². The molecule has 24 heavy (non-hydrogen) atoms. The van der Waals surface area contributed by atoms with Crippen molar-refractivity contribution in [2.45, 2.75) is 6.18 Å². The molecule has 0 aliphatic rings. The molecule has 0 aromatic heterocycles. The molecule has 0 unspecified atom stereocenters. The molecule has 0 aliphatic heterocycles. The van der Waals surface area contributed by atoms with Crippen molar-refractivity contribution in [1.82, 2.24) is 0 Å². The molecule has 0 atom stereocenters. The molecule has 0 bridgehead atoms. The lowest BCUT2D eigenvalue weighted by molar-refractivity contribution is -0.137. The number of hydrogen-bond acceptors (Lipinski definition) is 4. The van der Waals surface area contributed by atoms with E-state index in [1.165, 1.54) is 30.3 Å². The number of ketones is 1. The minimum absolute atomic E-state index is 0.130. The van der Waals surface area contributed by atoms with E-state index in [0.717, 1.165) is 12.1 Å². The summed E-state index contributed by atoms with van der Waals surface area (Å²) in [5.41, 5.74) is -0.665. The van der Waals surface area contributed by atoms with Crippen molar-refractivity contribution in [2.24, 2.45) is 0 Å². The van der Waals surface area contributed by atoms with Crippen molar-refractivity contribution >= 4 is 11.8 Å². The zero-order chi connectivity index (χ0) is 17.7. The number of carbonyl (C=O) groups excluding carboxylic acids is 2. The second-order valence-electron chi connectivity index (χ2n) is 4.77. The van der Waals surface area contributed by atoms with E-state index in [9.17, 15) is 22.8 Å². The third kappa shape index (κ3) is 4.20. The molecule has 0 radical (unpaired) electrons. The Hall–Kier alpha value is -3.14. The highest BCUT2D eigenvalue weighted by molar-refractivity contribution is 5.99. The maximum atomic E-state index is 12.6. The Bertz CT molecular complexity index is 805. The fraction of sp³-hybridized carbons (Fsp3) is 0.118. The molecule has 0 N–H and O–H groups in total. The number of benzene rings is 2. The maximum Gasteiger partial charge on any atom is 0.416 e. The van der Waals surface area contributed by atoms with Crippen molar-refractivity contribution in [2.75, 3.05) is 6.61 Å². The van der Waals surface area contributed by atoms with Gasteiger partial charge < -0.3 is 4.74 Å². The molecule has 0 saturated carbocycles. The molecule has 0 saturated heterocycles. The van der Waals surface area contributed by atoms with Crippen molar-refractivity contribution in [3.63, 3.8) is 0 Å². The van der Waals surface area contributed by atoms with Crippen molar-refractivity contribution in [3.8, 4) is 6.07 Å². The predicted octanol–water partition coefficient (Wildman–Crippen LogP) is 3.62. The van der Waals surface area contributed by atoms with Gasteiger partial charge >= 0.3 is 12.1 Å². The second kappa shape index (κ2) is 6.96. The number of rotatable bonds is 4. The van der Waals surface area contributed by atoms with E-state index < -0.39 is 30.1 Å². The molecule has 0 spiro atoms. The summed E-state index contributed by atoms with van der Waals surface area (Å²) >= 11 is 0. The van der Waals surface area contributed by atoms with Crippen molar-refractivity contribution in [3.05, 3.63) is 70.8 Å². The molecule has 122 valence electrons. The first-order valence-electron chi connectivity index (χ1n) is 6.69. The van der Waals surface area contributed by atoms with E-state index in [-0.39, 0.29) is 11.1 Å². The van der Waals surface area contributed by atoms with Gasteiger partial charge in [-0.3, -0.25) is 4.79 Å². The Morgan fingerprint density at radius 3 is 2.29 bits per heavy atom. The lowest BCUT2D eigenvalue weighted by Gasteiger charge is -2.08. The molecule has 2 aromatic carbocycles. The molecule has 0 heterocycles. The minimum Gasteiger partial charge on any atom is -0.454 e. The van der Waals surface area contributed by atoms with Gasteiger partial charge in [0.05, 0.1) is 22.8 Å². The normalized spacial score (nSPS) is 10.8. The van der Waals surface area contributed by atoms with Crippen LogP contribution in [0, 0.1) is 11.3 Å². The van der Waals surface area contributed by atoms with Crippen LogP contribution < -0.4 is 0 Å². The average molecular weight is 333 g/mol. The Morgan fingerprint density at radius 1 is 1.04 bits per heavy atom. The van der Waals surface area contributed by atoms with E-state index >= 15 is 0 Å². The molecule has 4 nitrogen and oxygen atoms in total. The van der Waals surface area contributed by atoms with Gasteiger partial charge in [0.15, 0.2) is 12.4 Å². The second-order valence-corrected chi connectivity index (χ2v) is 4.77. The highest BCUT2D eigenvalue weighted by atomic mass is 19.4. The first-order valence-corrected chi connectivity index (χ1v) is 6.69. The largest absolute Gasteiger partial charge is 0.454 e. The fourth-order valence-electron chi connectivity index (χ4n) is 1.85. The van der Waals surface area contributed by atoms with Crippen LogP contribution in [0.25, 0.3) is 0 Å². The van der Waals surface area contributed by atoms with Gasteiger partial charge in [-0.1, -0.05) is 12.1 Å². The first-order chi connectivity index (χ1) is 11.3. The number of esters is 1. The third-order valence-electron chi connectivity index (χ3n) is 3.10. The molecular formula is C17H10F3NO3. The van der Waals surface area contributed by atoms with Gasteiger partial charge in [-0.15, -0.1) is 0 Å². The van der Waals surface area contributed by atoms with E-state index in [1.54, 1.807) is 0 Å². The fourth-order valence-corrected chi connectivity index (χ4v) is 1.85. The average Bonchev–Trinajstić information content (AvgIpc) is 2.58. The van der Waals surface area contributed by atoms with Gasteiger partial charge in [-0.2, -0.15) is 18.4 Å². The molecule has 2 aromatic rings. The minimum atomic E-state index is -4.56. The van der Waals surface area contributed by atoms with E-state index in [1.807, 2.05) is 6.07 Å². The Morgan fingerprint density at radius 2 is 1.71 bits per heavy atom. The summed E-state index contributed by atoms with van der Waals surface area (Å²) in [6, 6.07) is 11.3. The summed E-state index contributed by atoms with van der Waals surface area (Å²) in [7, 11) is 0. The summed E-state index contributed by atoms with van der Waals surface area (Å²) in [4.78, 5) is 23.6.